The molecule has 0 saturated carbocycles. The van der Waals surface area contributed by atoms with E-state index in [1.807, 2.05) is 36.4 Å². The topological polar surface area (TPSA) is 91.0 Å². The molecule has 2 heterocycles. The Bertz CT molecular complexity index is 1300. The number of fused-ring (bicyclic) bond motifs is 1. The zero-order valence-corrected chi connectivity index (χ0v) is 19.0. The van der Waals surface area contributed by atoms with E-state index in [0.29, 0.717) is 48.5 Å². The Hall–Kier alpha value is -3.65. The number of rotatable bonds is 9. The van der Waals surface area contributed by atoms with Crippen LogP contribution in [-0.4, -0.2) is 38.9 Å². The first-order chi connectivity index (χ1) is 16.0. The Morgan fingerprint density at radius 3 is 2.55 bits per heavy atom. The van der Waals surface area contributed by atoms with Crippen molar-refractivity contribution in [1.82, 2.24) is 24.6 Å². The number of hydrogen-bond acceptors (Lipinski definition) is 5. The Kier molecular flexibility index (Phi) is 7.04. The number of nitrogens with zero attached hydrogens (tertiary/aromatic N) is 4. The lowest BCUT2D eigenvalue weighted by atomic mass is 10.1. The van der Waals surface area contributed by atoms with Crippen LogP contribution in [0.5, 0.6) is 5.75 Å². The number of hydrogen-bond donors (Lipinski definition) is 1. The summed E-state index contributed by atoms with van der Waals surface area (Å²) in [6.07, 6.45) is 4.08. The largest absolute Gasteiger partial charge is 0.497 e. The summed E-state index contributed by atoms with van der Waals surface area (Å²) >= 11 is 5.92. The number of methoxy groups -OCH3 is 1. The fourth-order valence-corrected chi connectivity index (χ4v) is 3.63. The van der Waals surface area contributed by atoms with Gasteiger partial charge in [0.15, 0.2) is 5.65 Å². The van der Waals surface area contributed by atoms with E-state index < -0.39 is 0 Å². The highest BCUT2D eigenvalue weighted by Gasteiger charge is 2.11. The van der Waals surface area contributed by atoms with Crippen LogP contribution in [0, 0.1) is 0 Å². The third kappa shape index (κ3) is 5.59. The highest BCUT2D eigenvalue weighted by Crippen LogP contribution is 2.13. The Labute approximate surface area is 195 Å². The van der Waals surface area contributed by atoms with E-state index in [0.717, 1.165) is 16.9 Å². The molecule has 2 aromatic heterocycles. The second kappa shape index (κ2) is 10.3. The first-order valence-corrected chi connectivity index (χ1v) is 11.0. The van der Waals surface area contributed by atoms with Gasteiger partial charge >= 0.3 is 0 Å². The van der Waals surface area contributed by atoms with Gasteiger partial charge in [0.25, 0.3) is 5.56 Å². The maximum atomic E-state index is 12.8. The first kappa shape index (κ1) is 22.5. The van der Waals surface area contributed by atoms with Crippen molar-refractivity contribution in [3.63, 3.8) is 0 Å². The van der Waals surface area contributed by atoms with Crippen LogP contribution in [0.1, 0.15) is 17.5 Å². The van der Waals surface area contributed by atoms with Gasteiger partial charge in [0.1, 0.15) is 17.5 Å². The van der Waals surface area contributed by atoms with Crippen LogP contribution < -0.4 is 15.6 Å². The van der Waals surface area contributed by atoms with E-state index in [4.69, 9.17) is 16.3 Å². The maximum Gasteiger partial charge on any atom is 0.264 e. The lowest BCUT2D eigenvalue weighted by Crippen LogP contribution is -2.28. The van der Waals surface area contributed by atoms with Gasteiger partial charge in [-0.3, -0.25) is 14.2 Å². The first-order valence-electron chi connectivity index (χ1n) is 10.6. The van der Waals surface area contributed by atoms with Crippen molar-refractivity contribution in [3.8, 4) is 5.75 Å². The molecule has 0 aliphatic heterocycles. The quantitative estimate of drug-likeness (QED) is 0.410. The monoisotopic (exact) mass is 465 g/mol. The number of nitrogens with one attached hydrogen (secondary N) is 1. The number of ether oxygens (including phenoxy) is 1. The highest BCUT2D eigenvalue weighted by atomic mass is 35.5. The maximum absolute atomic E-state index is 12.8. The molecule has 0 aliphatic carbocycles. The summed E-state index contributed by atoms with van der Waals surface area (Å²) in [7, 11) is 1.62. The molecule has 1 N–H and O–H groups in total. The highest BCUT2D eigenvalue weighted by molar-refractivity contribution is 6.30. The standard InChI is InChI=1S/C24H24ClN5O3/c1-33-20-9-4-17(5-10-20)6-11-22(31)26-12-13-30-23-21(14-28-30)24(32)29(16-27-23)15-18-2-7-19(25)8-3-18/h2-5,7-10,14,16H,6,11-13,15H2,1H3,(H,26,31). The van der Waals surface area contributed by atoms with Crippen molar-refractivity contribution < 1.29 is 9.53 Å². The normalized spacial score (nSPS) is 11.0. The lowest BCUT2D eigenvalue weighted by Gasteiger charge is -2.08. The summed E-state index contributed by atoms with van der Waals surface area (Å²) in [4.78, 5) is 29.4. The molecule has 0 fully saturated rings. The fraction of sp³-hybridized carbons (Fsp3) is 0.250. The SMILES string of the molecule is COc1ccc(CCC(=O)NCCn2ncc3c(=O)n(Cc4ccc(Cl)cc4)cnc32)cc1. The van der Waals surface area contributed by atoms with Gasteiger partial charge in [-0.1, -0.05) is 35.9 Å². The van der Waals surface area contributed by atoms with Crippen molar-refractivity contribution in [1.29, 1.82) is 0 Å². The van der Waals surface area contributed by atoms with Crippen molar-refractivity contribution in [2.24, 2.45) is 0 Å². The third-order valence-electron chi connectivity index (χ3n) is 5.33. The molecular formula is C24H24ClN5O3. The van der Waals surface area contributed by atoms with E-state index in [-0.39, 0.29) is 11.5 Å². The summed E-state index contributed by atoms with van der Waals surface area (Å²) in [5, 5.41) is 8.27. The molecule has 4 rings (SSSR count). The number of carbonyl (C=O) groups excluding carboxylic acids is 1. The van der Waals surface area contributed by atoms with Crippen LogP contribution in [0.3, 0.4) is 0 Å². The molecular weight excluding hydrogens is 442 g/mol. The number of amides is 1. The van der Waals surface area contributed by atoms with Crippen LogP contribution in [0.25, 0.3) is 11.0 Å². The second-order valence-corrected chi connectivity index (χ2v) is 8.04. The molecule has 0 unspecified atom stereocenters. The van der Waals surface area contributed by atoms with E-state index in [9.17, 15) is 9.59 Å². The van der Waals surface area contributed by atoms with E-state index >= 15 is 0 Å². The molecule has 9 heteroatoms. The van der Waals surface area contributed by atoms with E-state index in [2.05, 4.69) is 15.4 Å². The number of aromatic nitrogens is 4. The summed E-state index contributed by atoms with van der Waals surface area (Å²) in [6.45, 7) is 1.22. The van der Waals surface area contributed by atoms with Gasteiger partial charge in [-0.2, -0.15) is 5.10 Å². The molecule has 8 nitrogen and oxygen atoms in total. The average Bonchev–Trinajstić information content (AvgIpc) is 3.25. The Morgan fingerprint density at radius 1 is 1.09 bits per heavy atom. The fourth-order valence-electron chi connectivity index (χ4n) is 3.50. The van der Waals surface area contributed by atoms with Crippen LogP contribution in [0.4, 0.5) is 0 Å². The number of benzene rings is 2. The molecule has 1 amide bonds. The molecule has 33 heavy (non-hydrogen) atoms. The summed E-state index contributed by atoms with van der Waals surface area (Å²) < 4.78 is 8.31. The number of aryl methyl sites for hydroxylation is 1. The molecule has 0 saturated heterocycles. The summed E-state index contributed by atoms with van der Waals surface area (Å²) in [5.74, 6) is 0.751. The minimum Gasteiger partial charge on any atom is -0.497 e. The van der Waals surface area contributed by atoms with E-state index in [1.165, 1.54) is 12.5 Å². The van der Waals surface area contributed by atoms with Crippen molar-refractivity contribution in [2.75, 3.05) is 13.7 Å². The second-order valence-electron chi connectivity index (χ2n) is 7.61. The summed E-state index contributed by atoms with van der Waals surface area (Å²) in [5.41, 5.74) is 2.36. The average molecular weight is 466 g/mol. The van der Waals surface area contributed by atoms with E-state index in [1.54, 1.807) is 28.5 Å². The molecule has 2 aromatic carbocycles. The minimum absolute atomic E-state index is 0.0411. The van der Waals surface area contributed by atoms with Crippen LogP contribution in [-0.2, 0) is 24.3 Å². The predicted molar refractivity (Wildman–Crippen MR) is 127 cm³/mol. The van der Waals surface area contributed by atoms with Gasteiger partial charge in [0.2, 0.25) is 5.91 Å². The van der Waals surface area contributed by atoms with Crippen LogP contribution in [0.2, 0.25) is 5.02 Å². The zero-order chi connectivity index (χ0) is 23.2. The molecule has 4 aromatic rings. The van der Waals surface area contributed by atoms with Gasteiger partial charge < -0.3 is 10.1 Å². The molecule has 0 radical (unpaired) electrons. The molecule has 170 valence electrons. The van der Waals surface area contributed by atoms with Gasteiger partial charge in [-0.05, 0) is 41.8 Å². The minimum atomic E-state index is -0.162. The van der Waals surface area contributed by atoms with Gasteiger partial charge in [0, 0.05) is 18.0 Å². The predicted octanol–water partition coefficient (Wildman–Crippen LogP) is 3.05. The third-order valence-corrected chi connectivity index (χ3v) is 5.59. The Balaban J connectivity index is 1.32. The smallest absolute Gasteiger partial charge is 0.264 e. The van der Waals surface area contributed by atoms with Gasteiger partial charge in [0.05, 0.1) is 26.4 Å². The molecule has 0 aliphatic rings. The van der Waals surface area contributed by atoms with Crippen molar-refractivity contribution in [3.05, 3.63) is 87.6 Å². The van der Waals surface area contributed by atoms with Gasteiger partial charge in [-0.15, -0.1) is 0 Å². The number of halogens is 1. The summed E-state index contributed by atoms with van der Waals surface area (Å²) in [6, 6.07) is 15.0. The molecule has 0 bridgehead atoms. The van der Waals surface area contributed by atoms with Crippen LogP contribution >= 0.6 is 11.6 Å². The van der Waals surface area contributed by atoms with Crippen molar-refractivity contribution >= 4 is 28.5 Å². The lowest BCUT2D eigenvalue weighted by molar-refractivity contribution is -0.121. The molecule has 0 spiro atoms. The molecule has 0 atom stereocenters. The van der Waals surface area contributed by atoms with Crippen molar-refractivity contribution in [2.45, 2.75) is 25.9 Å². The van der Waals surface area contributed by atoms with Gasteiger partial charge in [-0.25, -0.2) is 9.67 Å². The zero-order valence-electron chi connectivity index (χ0n) is 18.2. The number of carbonyl (C=O) groups is 1. The van der Waals surface area contributed by atoms with Crippen LogP contribution in [0.15, 0.2) is 65.8 Å². The Morgan fingerprint density at radius 2 is 1.82 bits per heavy atom.